The maximum atomic E-state index is 13.5. The Labute approximate surface area is 218 Å². The molecular weight excluding hydrogens is 529 g/mol. The highest BCUT2D eigenvalue weighted by Crippen LogP contribution is 2.31. The second-order valence-corrected chi connectivity index (χ2v) is 10.8. The number of piperidine rings is 1. The molecule has 0 unspecified atom stereocenters. The molecule has 2 aromatic carbocycles. The number of hydrogen-bond donors (Lipinski definition) is 3. The molecule has 0 bridgehead atoms. The third-order valence-corrected chi connectivity index (χ3v) is 7.89. The number of hydrogen-bond acceptors (Lipinski definition) is 7. The molecule has 3 rings (SSSR count). The Morgan fingerprint density at radius 2 is 1.71 bits per heavy atom. The Morgan fingerprint density at radius 1 is 1.08 bits per heavy atom. The van der Waals surface area contributed by atoms with E-state index in [4.69, 9.17) is 4.74 Å². The van der Waals surface area contributed by atoms with E-state index in [1.54, 1.807) is 0 Å². The summed E-state index contributed by atoms with van der Waals surface area (Å²) in [6.45, 7) is 0.768. The van der Waals surface area contributed by atoms with E-state index in [-0.39, 0.29) is 43.8 Å². The van der Waals surface area contributed by atoms with E-state index in [2.05, 4.69) is 5.32 Å². The maximum Gasteiger partial charge on any atom is 0.416 e. The van der Waals surface area contributed by atoms with Gasteiger partial charge in [-0.2, -0.15) is 17.5 Å². The lowest BCUT2D eigenvalue weighted by atomic mass is 10.1. The third kappa shape index (κ3) is 7.01. The van der Waals surface area contributed by atoms with Gasteiger partial charge in [0.1, 0.15) is 11.9 Å². The van der Waals surface area contributed by atoms with E-state index < -0.39 is 50.1 Å². The fraction of sp³-hybridized carbons (Fsp3) is 0.417. The van der Waals surface area contributed by atoms with Gasteiger partial charge in [-0.1, -0.05) is 6.07 Å². The first kappa shape index (κ1) is 29.4. The molecule has 1 aliphatic rings. The Hall–Kier alpha value is -3.20. The Kier molecular flexibility index (Phi) is 9.35. The number of carbonyl (C=O) groups excluding carboxylic acids is 2. The number of benzene rings is 2. The molecule has 1 saturated heterocycles. The van der Waals surface area contributed by atoms with Gasteiger partial charge in [0.2, 0.25) is 10.0 Å². The van der Waals surface area contributed by atoms with Crippen molar-refractivity contribution >= 4 is 21.8 Å². The van der Waals surface area contributed by atoms with Crippen molar-refractivity contribution in [3.8, 4) is 5.75 Å². The molecule has 1 heterocycles. The summed E-state index contributed by atoms with van der Waals surface area (Å²) in [5, 5.41) is 11.9. The molecule has 0 atom stereocenters. The summed E-state index contributed by atoms with van der Waals surface area (Å²) in [6, 6.07) is 8.04. The van der Waals surface area contributed by atoms with E-state index in [1.807, 2.05) is 19.0 Å². The minimum Gasteiger partial charge on any atom is -0.490 e. The summed E-state index contributed by atoms with van der Waals surface area (Å²) >= 11 is 0. The highest BCUT2D eigenvalue weighted by molar-refractivity contribution is 7.89. The third-order valence-electron chi connectivity index (χ3n) is 5.95. The number of ether oxygens (including phenoxy) is 1. The number of alkyl halides is 3. The van der Waals surface area contributed by atoms with Crippen molar-refractivity contribution in [2.45, 2.75) is 30.0 Å². The van der Waals surface area contributed by atoms with Crippen LogP contribution in [0.1, 0.15) is 39.1 Å². The summed E-state index contributed by atoms with van der Waals surface area (Å²) in [5.41, 5.74) is -0.0872. The quantitative estimate of drug-likeness (QED) is 0.318. The van der Waals surface area contributed by atoms with E-state index in [0.717, 1.165) is 16.4 Å². The molecule has 1 fully saturated rings. The largest absolute Gasteiger partial charge is 0.490 e. The fourth-order valence-electron chi connectivity index (χ4n) is 3.96. The molecule has 0 radical (unpaired) electrons. The van der Waals surface area contributed by atoms with Crippen LogP contribution in [0.3, 0.4) is 0 Å². The highest BCUT2D eigenvalue weighted by atomic mass is 32.2. The molecule has 10 nitrogen and oxygen atoms in total. The molecule has 0 saturated carbocycles. The zero-order chi connectivity index (χ0) is 28.1. The maximum absolute atomic E-state index is 13.5. The van der Waals surface area contributed by atoms with Gasteiger partial charge in [0.25, 0.3) is 11.8 Å². The number of nitrogens with one attached hydrogen (secondary N) is 2. The predicted molar refractivity (Wildman–Crippen MR) is 130 cm³/mol. The average molecular weight is 559 g/mol. The van der Waals surface area contributed by atoms with E-state index in [9.17, 15) is 36.4 Å². The van der Waals surface area contributed by atoms with Crippen LogP contribution in [0.25, 0.3) is 0 Å². The number of halogens is 3. The fourth-order valence-corrected chi connectivity index (χ4v) is 5.64. The zero-order valence-electron chi connectivity index (χ0n) is 20.8. The van der Waals surface area contributed by atoms with Crippen LogP contribution >= 0.6 is 0 Å². The number of sulfonamides is 1. The zero-order valence-corrected chi connectivity index (χ0v) is 21.6. The first-order valence-corrected chi connectivity index (χ1v) is 13.1. The second-order valence-electron chi connectivity index (χ2n) is 8.92. The molecule has 2 aromatic rings. The normalized spacial score (nSPS) is 15.3. The SMILES string of the molecule is CN(C)CCNC(=O)c1cccc(S(=O)(=O)N2CCC(Oc3ccc(C(F)(F)F)cc3)CC2)c1C(=O)NO. The number of hydroxylamine groups is 1. The van der Waals surface area contributed by atoms with Crippen molar-refractivity contribution in [1.29, 1.82) is 0 Å². The second kappa shape index (κ2) is 12.1. The summed E-state index contributed by atoms with van der Waals surface area (Å²) in [5.74, 6) is -1.59. The molecule has 0 aromatic heterocycles. The number of carbonyl (C=O) groups is 2. The van der Waals surface area contributed by atoms with Crippen LogP contribution in [0.4, 0.5) is 13.2 Å². The molecule has 0 aliphatic carbocycles. The first-order chi connectivity index (χ1) is 17.8. The summed E-state index contributed by atoms with van der Waals surface area (Å²) in [6.07, 6.45) is -4.42. The lowest BCUT2D eigenvalue weighted by Gasteiger charge is -2.32. The van der Waals surface area contributed by atoms with E-state index in [1.165, 1.54) is 35.8 Å². The first-order valence-electron chi connectivity index (χ1n) is 11.7. The number of nitrogens with zero attached hydrogens (tertiary/aromatic N) is 2. The van der Waals surface area contributed by atoms with Gasteiger partial charge < -0.3 is 15.0 Å². The number of rotatable bonds is 9. The van der Waals surface area contributed by atoms with Crippen molar-refractivity contribution in [1.82, 2.24) is 20.0 Å². The van der Waals surface area contributed by atoms with Gasteiger partial charge in [-0.25, -0.2) is 13.9 Å². The Morgan fingerprint density at radius 3 is 2.26 bits per heavy atom. The van der Waals surface area contributed by atoms with Gasteiger partial charge in [-0.05, 0) is 63.3 Å². The van der Waals surface area contributed by atoms with Crippen LogP contribution in [0.15, 0.2) is 47.4 Å². The van der Waals surface area contributed by atoms with Crippen LogP contribution in [-0.2, 0) is 16.2 Å². The molecular formula is C24H29F3N4O6S. The summed E-state index contributed by atoms with van der Waals surface area (Å²) in [4.78, 5) is 26.6. The minimum absolute atomic E-state index is 0.00702. The van der Waals surface area contributed by atoms with Gasteiger partial charge in [-0.3, -0.25) is 14.8 Å². The molecule has 3 N–H and O–H groups in total. The van der Waals surface area contributed by atoms with E-state index in [0.29, 0.717) is 6.54 Å². The monoisotopic (exact) mass is 558 g/mol. The molecule has 14 heteroatoms. The lowest BCUT2D eigenvalue weighted by Crippen LogP contribution is -2.42. The van der Waals surface area contributed by atoms with Gasteiger partial charge in [0.05, 0.1) is 21.6 Å². The van der Waals surface area contributed by atoms with Crippen LogP contribution in [0.2, 0.25) is 0 Å². The van der Waals surface area contributed by atoms with Crippen molar-refractivity contribution in [3.05, 3.63) is 59.2 Å². The standard InChI is InChI=1S/C24H29F3N4O6S/c1-30(2)15-12-28-22(32)19-4-3-5-20(21(19)23(33)29-34)38(35,36)31-13-10-18(11-14-31)37-17-8-6-16(7-9-17)24(25,26)27/h3-9,18,34H,10-15H2,1-2H3,(H,28,32)(H,29,33). The van der Waals surface area contributed by atoms with Gasteiger partial charge in [-0.15, -0.1) is 0 Å². The summed E-state index contributed by atoms with van der Waals surface area (Å²) < 4.78 is 72.1. The Bertz CT molecular complexity index is 1240. The lowest BCUT2D eigenvalue weighted by molar-refractivity contribution is -0.137. The van der Waals surface area contributed by atoms with Gasteiger partial charge >= 0.3 is 6.18 Å². The molecule has 208 valence electrons. The topological polar surface area (TPSA) is 128 Å². The van der Waals surface area contributed by atoms with Gasteiger partial charge in [0.15, 0.2) is 0 Å². The van der Waals surface area contributed by atoms with E-state index >= 15 is 0 Å². The number of amides is 2. The smallest absolute Gasteiger partial charge is 0.416 e. The van der Waals surface area contributed by atoms with Crippen LogP contribution < -0.4 is 15.5 Å². The van der Waals surface area contributed by atoms with Crippen LogP contribution in [0.5, 0.6) is 5.75 Å². The molecule has 2 amide bonds. The van der Waals surface area contributed by atoms with Crippen molar-refractivity contribution < 1.29 is 41.1 Å². The average Bonchev–Trinajstić information content (AvgIpc) is 2.87. The van der Waals surface area contributed by atoms with Crippen LogP contribution in [0, 0.1) is 0 Å². The van der Waals surface area contributed by atoms with Crippen LogP contribution in [-0.4, -0.2) is 81.0 Å². The van der Waals surface area contributed by atoms with Crippen molar-refractivity contribution in [2.75, 3.05) is 40.3 Å². The summed E-state index contributed by atoms with van der Waals surface area (Å²) in [7, 11) is -0.649. The Balaban J connectivity index is 1.75. The molecule has 1 aliphatic heterocycles. The molecule has 38 heavy (non-hydrogen) atoms. The minimum atomic E-state index is -4.46. The van der Waals surface area contributed by atoms with Gasteiger partial charge in [0, 0.05) is 26.2 Å². The van der Waals surface area contributed by atoms with Crippen molar-refractivity contribution in [3.63, 3.8) is 0 Å². The number of likely N-dealkylation sites (N-methyl/N-ethyl adjacent to an activating group) is 1. The highest BCUT2D eigenvalue weighted by Gasteiger charge is 2.35. The predicted octanol–water partition coefficient (Wildman–Crippen LogP) is 2.35. The molecule has 0 spiro atoms. The van der Waals surface area contributed by atoms with Crippen molar-refractivity contribution in [2.24, 2.45) is 0 Å².